The highest BCUT2D eigenvalue weighted by Crippen LogP contribution is 2.29. The number of carbonyl (C=O) groups excluding carboxylic acids is 1. The standard InChI is InChI=1S/C24H23F2N3O2/c1-2-21(23(30)27-20-14-16(25)12-13-19(20)26)29-24(31)18-11-7-6-10-17(18)22(28-29)15-8-4-3-5-9-15/h3-5,8-9,12-14,21H,2,6-7,10-11H2,1H3,(H,27,30)/t21-/m1/s1. The Balaban J connectivity index is 1.79. The number of nitrogens with zero attached hydrogens (tertiary/aromatic N) is 2. The number of nitrogens with one attached hydrogen (secondary N) is 1. The van der Waals surface area contributed by atoms with Crippen LogP contribution in [0.5, 0.6) is 0 Å². The van der Waals surface area contributed by atoms with Gasteiger partial charge in [-0.1, -0.05) is 37.3 Å². The monoisotopic (exact) mass is 423 g/mol. The zero-order chi connectivity index (χ0) is 22.0. The second-order valence-electron chi connectivity index (χ2n) is 7.67. The fraction of sp³-hybridized carbons (Fsp3) is 0.292. The van der Waals surface area contributed by atoms with E-state index in [1.165, 1.54) is 4.68 Å². The first-order valence-corrected chi connectivity index (χ1v) is 10.5. The van der Waals surface area contributed by atoms with Crippen molar-refractivity contribution in [2.75, 3.05) is 5.32 Å². The fourth-order valence-corrected chi connectivity index (χ4v) is 4.07. The smallest absolute Gasteiger partial charge is 0.271 e. The molecule has 31 heavy (non-hydrogen) atoms. The second-order valence-corrected chi connectivity index (χ2v) is 7.67. The number of halogens is 2. The summed E-state index contributed by atoms with van der Waals surface area (Å²) >= 11 is 0. The van der Waals surface area contributed by atoms with Gasteiger partial charge >= 0.3 is 0 Å². The molecule has 0 saturated heterocycles. The van der Waals surface area contributed by atoms with Gasteiger partial charge in [-0.2, -0.15) is 5.10 Å². The highest BCUT2D eigenvalue weighted by atomic mass is 19.1. The Bertz CT molecular complexity index is 1180. The first-order valence-electron chi connectivity index (χ1n) is 10.5. The lowest BCUT2D eigenvalue weighted by Crippen LogP contribution is -2.38. The Hall–Kier alpha value is -3.35. The summed E-state index contributed by atoms with van der Waals surface area (Å²) in [6.45, 7) is 1.75. The molecule has 0 spiro atoms. The van der Waals surface area contributed by atoms with E-state index in [0.29, 0.717) is 17.7 Å². The maximum absolute atomic E-state index is 14.0. The van der Waals surface area contributed by atoms with Crippen molar-refractivity contribution in [1.29, 1.82) is 0 Å². The van der Waals surface area contributed by atoms with E-state index in [-0.39, 0.29) is 17.7 Å². The molecule has 1 N–H and O–H groups in total. The van der Waals surface area contributed by atoms with Crippen LogP contribution in [-0.4, -0.2) is 15.7 Å². The largest absolute Gasteiger partial charge is 0.322 e. The summed E-state index contributed by atoms with van der Waals surface area (Å²) < 4.78 is 28.7. The third-order valence-corrected chi connectivity index (χ3v) is 5.65. The Morgan fingerprint density at radius 3 is 2.52 bits per heavy atom. The highest BCUT2D eigenvalue weighted by Gasteiger charge is 2.27. The molecule has 0 unspecified atom stereocenters. The number of hydrogen-bond acceptors (Lipinski definition) is 3. The van der Waals surface area contributed by atoms with E-state index in [9.17, 15) is 18.4 Å². The molecule has 1 amide bonds. The average molecular weight is 423 g/mol. The predicted molar refractivity (Wildman–Crippen MR) is 115 cm³/mol. The number of aromatic nitrogens is 2. The van der Waals surface area contributed by atoms with Crippen molar-refractivity contribution in [1.82, 2.24) is 9.78 Å². The van der Waals surface area contributed by atoms with Crippen LogP contribution < -0.4 is 10.9 Å². The Morgan fingerprint density at radius 1 is 1.10 bits per heavy atom. The van der Waals surface area contributed by atoms with E-state index in [2.05, 4.69) is 10.4 Å². The van der Waals surface area contributed by atoms with Gasteiger partial charge in [0.1, 0.15) is 17.7 Å². The van der Waals surface area contributed by atoms with Gasteiger partial charge in [0.25, 0.3) is 5.56 Å². The number of benzene rings is 2. The summed E-state index contributed by atoms with van der Waals surface area (Å²) in [7, 11) is 0. The molecule has 0 aliphatic heterocycles. The van der Waals surface area contributed by atoms with Crippen molar-refractivity contribution in [2.45, 2.75) is 45.1 Å². The molecule has 0 radical (unpaired) electrons. The number of fused-ring (bicyclic) bond motifs is 1. The quantitative estimate of drug-likeness (QED) is 0.649. The van der Waals surface area contributed by atoms with Gasteiger partial charge in [-0.3, -0.25) is 9.59 Å². The van der Waals surface area contributed by atoms with E-state index in [4.69, 9.17) is 0 Å². The van der Waals surface area contributed by atoms with Gasteiger partial charge in [0, 0.05) is 17.2 Å². The average Bonchev–Trinajstić information content (AvgIpc) is 2.79. The zero-order valence-corrected chi connectivity index (χ0v) is 17.2. The fourth-order valence-electron chi connectivity index (χ4n) is 4.07. The topological polar surface area (TPSA) is 64.0 Å². The maximum Gasteiger partial charge on any atom is 0.271 e. The lowest BCUT2D eigenvalue weighted by atomic mass is 9.89. The van der Waals surface area contributed by atoms with Crippen molar-refractivity contribution in [3.05, 3.63) is 81.6 Å². The molecule has 7 heteroatoms. The van der Waals surface area contributed by atoms with Gasteiger partial charge < -0.3 is 5.32 Å². The van der Waals surface area contributed by atoms with Crippen LogP contribution in [0.1, 0.15) is 43.4 Å². The molecule has 0 bridgehead atoms. The summed E-state index contributed by atoms with van der Waals surface area (Å²) in [5.74, 6) is -2.03. The molecule has 4 rings (SSSR count). The number of rotatable bonds is 5. The van der Waals surface area contributed by atoms with Crippen LogP contribution in [0.2, 0.25) is 0 Å². The summed E-state index contributed by atoms with van der Waals surface area (Å²) in [6.07, 6.45) is 3.54. The van der Waals surface area contributed by atoms with Gasteiger partial charge in [0.2, 0.25) is 5.91 Å². The molecule has 1 aliphatic carbocycles. The molecule has 2 aromatic carbocycles. The number of amides is 1. The third-order valence-electron chi connectivity index (χ3n) is 5.65. The van der Waals surface area contributed by atoms with Crippen LogP contribution >= 0.6 is 0 Å². The first-order chi connectivity index (χ1) is 15.0. The molecular formula is C24H23F2N3O2. The zero-order valence-electron chi connectivity index (χ0n) is 17.2. The second kappa shape index (κ2) is 8.79. The van der Waals surface area contributed by atoms with Crippen LogP contribution in [0, 0.1) is 11.6 Å². The molecule has 3 aromatic rings. The molecule has 160 valence electrons. The van der Waals surface area contributed by atoms with Crippen LogP contribution in [-0.2, 0) is 17.6 Å². The van der Waals surface area contributed by atoms with E-state index in [1.54, 1.807) is 6.92 Å². The van der Waals surface area contributed by atoms with Crippen LogP contribution in [0.4, 0.5) is 14.5 Å². The molecule has 1 heterocycles. The van der Waals surface area contributed by atoms with Gasteiger partial charge in [0.15, 0.2) is 0 Å². The Morgan fingerprint density at radius 2 is 1.81 bits per heavy atom. The first kappa shape index (κ1) is 20.9. The highest BCUT2D eigenvalue weighted by molar-refractivity contribution is 5.93. The van der Waals surface area contributed by atoms with Gasteiger partial charge in [-0.25, -0.2) is 13.5 Å². The third kappa shape index (κ3) is 4.13. The number of carbonyl (C=O) groups is 1. The lowest BCUT2D eigenvalue weighted by Gasteiger charge is -2.23. The lowest BCUT2D eigenvalue weighted by molar-refractivity contribution is -0.119. The van der Waals surface area contributed by atoms with Crippen molar-refractivity contribution in [3.63, 3.8) is 0 Å². The van der Waals surface area contributed by atoms with E-state index >= 15 is 0 Å². The van der Waals surface area contributed by atoms with Crippen LogP contribution in [0.3, 0.4) is 0 Å². The summed E-state index contributed by atoms with van der Waals surface area (Å²) in [5.41, 5.74) is 2.63. The maximum atomic E-state index is 14.0. The van der Waals surface area contributed by atoms with Gasteiger partial charge in [-0.15, -0.1) is 0 Å². The molecule has 0 saturated carbocycles. The SMILES string of the molecule is CC[C@H](C(=O)Nc1cc(F)ccc1F)n1nc(-c2ccccc2)c2c(c1=O)CCCC2. The predicted octanol–water partition coefficient (Wildman–Crippen LogP) is 4.66. The minimum atomic E-state index is -0.954. The summed E-state index contributed by atoms with van der Waals surface area (Å²) in [4.78, 5) is 26.2. The molecule has 1 aliphatic rings. The summed E-state index contributed by atoms with van der Waals surface area (Å²) in [5, 5.41) is 7.02. The minimum absolute atomic E-state index is 0.266. The Labute approximate surface area is 178 Å². The molecule has 1 atom stereocenters. The molecular weight excluding hydrogens is 400 g/mol. The van der Waals surface area contributed by atoms with Crippen LogP contribution in [0.15, 0.2) is 53.3 Å². The van der Waals surface area contributed by atoms with Crippen molar-refractivity contribution in [3.8, 4) is 11.3 Å². The number of anilines is 1. The van der Waals surface area contributed by atoms with Gasteiger partial charge in [0.05, 0.1) is 11.4 Å². The number of hydrogen-bond donors (Lipinski definition) is 1. The van der Waals surface area contributed by atoms with E-state index in [0.717, 1.165) is 48.6 Å². The minimum Gasteiger partial charge on any atom is -0.322 e. The van der Waals surface area contributed by atoms with Crippen molar-refractivity contribution < 1.29 is 13.6 Å². The Kier molecular flexibility index (Phi) is 5.93. The molecule has 5 nitrogen and oxygen atoms in total. The van der Waals surface area contributed by atoms with Gasteiger partial charge in [-0.05, 0) is 49.8 Å². The normalized spacial score (nSPS) is 14.0. The van der Waals surface area contributed by atoms with E-state index < -0.39 is 23.6 Å². The van der Waals surface area contributed by atoms with Crippen molar-refractivity contribution in [2.24, 2.45) is 0 Å². The van der Waals surface area contributed by atoms with Crippen LogP contribution in [0.25, 0.3) is 11.3 Å². The molecule has 0 fully saturated rings. The summed E-state index contributed by atoms with van der Waals surface area (Å²) in [6, 6.07) is 11.4. The van der Waals surface area contributed by atoms with Crippen molar-refractivity contribution >= 4 is 11.6 Å². The molecule has 1 aromatic heterocycles. The van der Waals surface area contributed by atoms with E-state index in [1.807, 2.05) is 30.3 Å².